The monoisotopic (exact) mass is 208 g/mol. The van der Waals surface area contributed by atoms with E-state index in [0.717, 1.165) is 18.9 Å². The molecule has 1 aliphatic rings. The molecule has 0 radical (unpaired) electrons. The average molecular weight is 208 g/mol. The highest BCUT2D eigenvalue weighted by Crippen LogP contribution is 2.26. The van der Waals surface area contributed by atoms with Crippen molar-refractivity contribution in [1.29, 1.82) is 0 Å². The third-order valence-electron chi connectivity index (χ3n) is 3.11. The maximum absolute atomic E-state index is 4.35. The van der Waals surface area contributed by atoms with E-state index in [1.165, 1.54) is 18.7 Å². The van der Waals surface area contributed by atoms with Gasteiger partial charge in [0.15, 0.2) is 0 Å². The Morgan fingerprint density at radius 1 is 1.27 bits per heavy atom. The van der Waals surface area contributed by atoms with Crippen LogP contribution in [0.3, 0.4) is 0 Å². The van der Waals surface area contributed by atoms with Gasteiger partial charge in [-0.3, -0.25) is 0 Å². The van der Waals surface area contributed by atoms with Crippen molar-refractivity contribution in [2.45, 2.75) is 45.6 Å². The molecule has 1 aromatic heterocycles. The van der Waals surface area contributed by atoms with E-state index in [2.05, 4.69) is 33.9 Å². The standard InChI is InChI=1S/C11H20N4/c1-8(2)15-9(3)13-14-11(15)10-4-6-12-7-5-10/h8,10,12H,4-7H2,1-3H3. The largest absolute Gasteiger partial charge is 0.317 e. The van der Waals surface area contributed by atoms with E-state index in [1.54, 1.807) is 0 Å². The van der Waals surface area contributed by atoms with Crippen LogP contribution in [-0.4, -0.2) is 27.9 Å². The van der Waals surface area contributed by atoms with Gasteiger partial charge in [0.05, 0.1) is 0 Å². The summed E-state index contributed by atoms with van der Waals surface area (Å²) < 4.78 is 2.27. The van der Waals surface area contributed by atoms with Crippen molar-refractivity contribution in [3.63, 3.8) is 0 Å². The molecule has 0 spiro atoms. The summed E-state index contributed by atoms with van der Waals surface area (Å²) in [6, 6.07) is 0.463. The Morgan fingerprint density at radius 3 is 2.53 bits per heavy atom. The molecule has 1 aliphatic heterocycles. The van der Waals surface area contributed by atoms with Crippen LogP contribution in [0.15, 0.2) is 0 Å². The first-order valence-electron chi connectivity index (χ1n) is 5.82. The minimum absolute atomic E-state index is 0.463. The number of hydrogen-bond acceptors (Lipinski definition) is 3. The lowest BCUT2D eigenvalue weighted by Crippen LogP contribution is -2.28. The van der Waals surface area contributed by atoms with E-state index in [1.807, 2.05) is 6.92 Å². The second kappa shape index (κ2) is 4.31. The fourth-order valence-electron chi connectivity index (χ4n) is 2.38. The van der Waals surface area contributed by atoms with Gasteiger partial charge in [-0.15, -0.1) is 10.2 Å². The SMILES string of the molecule is Cc1nnc(C2CCNCC2)n1C(C)C. The van der Waals surface area contributed by atoms with E-state index >= 15 is 0 Å². The number of piperidine rings is 1. The van der Waals surface area contributed by atoms with Gasteiger partial charge in [-0.05, 0) is 46.7 Å². The Morgan fingerprint density at radius 2 is 1.93 bits per heavy atom. The van der Waals surface area contributed by atoms with Crippen molar-refractivity contribution < 1.29 is 0 Å². The normalized spacial score (nSPS) is 18.7. The molecule has 0 unspecified atom stereocenters. The molecule has 4 nitrogen and oxygen atoms in total. The van der Waals surface area contributed by atoms with Gasteiger partial charge in [-0.25, -0.2) is 0 Å². The molecule has 0 amide bonds. The van der Waals surface area contributed by atoms with Crippen LogP contribution in [-0.2, 0) is 0 Å². The van der Waals surface area contributed by atoms with Crippen molar-refractivity contribution in [1.82, 2.24) is 20.1 Å². The quantitative estimate of drug-likeness (QED) is 0.803. The third kappa shape index (κ3) is 2.04. The number of aryl methyl sites for hydroxylation is 1. The molecule has 1 saturated heterocycles. The summed E-state index contributed by atoms with van der Waals surface area (Å²) in [6.45, 7) is 8.64. The van der Waals surface area contributed by atoms with Crippen molar-refractivity contribution in [3.8, 4) is 0 Å². The van der Waals surface area contributed by atoms with Crippen LogP contribution in [0.5, 0.6) is 0 Å². The summed E-state index contributed by atoms with van der Waals surface area (Å²) in [5.74, 6) is 2.82. The summed E-state index contributed by atoms with van der Waals surface area (Å²) in [4.78, 5) is 0. The summed E-state index contributed by atoms with van der Waals surface area (Å²) in [5.41, 5.74) is 0. The van der Waals surface area contributed by atoms with E-state index < -0.39 is 0 Å². The zero-order chi connectivity index (χ0) is 10.8. The van der Waals surface area contributed by atoms with Crippen LogP contribution in [0.2, 0.25) is 0 Å². The molecule has 15 heavy (non-hydrogen) atoms. The predicted molar refractivity (Wildman–Crippen MR) is 60.0 cm³/mol. The van der Waals surface area contributed by atoms with Gasteiger partial charge in [-0.2, -0.15) is 0 Å². The molecule has 0 aliphatic carbocycles. The van der Waals surface area contributed by atoms with Crippen LogP contribution < -0.4 is 5.32 Å². The first kappa shape index (κ1) is 10.6. The van der Waals surface area contributed by atoms with Crippen LogP contribution in [0.4, 0.5) is 0 Å². The second-order valence-corrected chi connectivity index (χ2v) is 4.59. The Balaban J connectivity index is 2.26. The summed E-state index contributed by atoms with van der Waals surface area (Å²) >= 11 is 0. The van der Waals surface area contributed by atoms with Crippen molar-refractivity contribution in [2.24, 2.45) is 0 Å². The number of hydrogen-bond donors (Lipinski definition) is 1. The molecule has 1 fully saturated rings. The molecular formula is C11H20N4. The zero-order valence-corrected chi connectivity index (χ0v) is 9.82. The van der Waals surface area contributed by atoms with E-state index in [9.17, 15) is 0 Å². The molecule has 0 saturated carbocycles. The van der Waals surface area contributed by atoms with Gasteiger partial charge < -0.3 is 9.88 Å². The van der Waals surface area contributed by atoms with Gasteiger partial charge in [0.2, 0.25) is 0 Å². The summed E-state index contributed by atoms with van der Waals surface area (Å²) in [5, 5.41) is 11.9. The van der Waals surface area contributed by atoms with Crippen molar-refractivity contribution in [3.05, 3.63) is 11.6 Å². The predicted octanol–water partition coefficient (Wildman–Crippen LogP) is 1.63. The van der Waals surface area contributed by atoms with E-state index in [-0.39, 0.29) is 0 Å². The van der Waals surface area contributed by atoms with Crippen LogP contribution in [0.1, 0.15) is 50.3 Å². The zero-order valence-electron chi connectivity index (χ0n) is 9.82. The molecule has 0 atom stereocenters. The summed E-state index contributed by atoms with van der Waals surface area (Å²) in [7, 11) is 0. The Bertz CT molecular complexity index is 323. The highest BCUT2D eigenvalue weighted by molar-refractivity contribution is 5.04. The van der Waals surface area contributed by atoms with Crippen LogP contribution >= 0.6 is 0 Å². The Kier molecular flexibility index (Phi) is 3.05. The molecule has 2 rings (SSSR count). The van der Waals surface area contributed by atoms with Gasteiger partial charge in [-0.1, -0.05) is 0 Å². The van der Waals surface area contributed by atoms with Crippen molar-refractivity contribution >= 4 is 0 Å². The number of nitrogens with one attached hydrogen (secondary N) is 1. The fraction of sp³-hybridized carbons (Fsp3) is 0.818. The molecule has 84 valence electrons. The van der Waals surface area contributed by atoms with E-state index in [4.69, 9.17) is 0 Å². The molecular weight excluding hydrogens is 188 g/mol. The topological polar surface area (TPSA) is 42.7 Å². The molecule has 1 aromatic rings. The Hall–Kier alpha value is -0.900. The third-order valence-corrected chi connectivity index (χ3v) is 3.11. The van der Waals surface area contributed by atoms with E-state index in [0.29, 0.717) is 12.0 Å². The summed E-state index contributed by atoms with van der Waals surface area (Å²) in [6.07, 6.45) is 2.37. The lowest BCUT2D eigenvalue weighted by molar-refractivity contribution is 0.418. The number of rotatable bonds is 2. The van der Waals surface area contributed by atoms with Gasteiger partial charge in [0, 0.05) is 12.0 Å². The number of aromatic nitrogens is 3. The van der Waals surface area contributed by atoms with Gasteiger partial charge in [0.1, 0.15) is 11.6 Å². The van der Waals surface area contributed by atoms with Gasteiger partial charge in [0.25, 0.3) is 0 Å². The lowest BCUT2D eigenvalue weighted by atomic mass is 9.97. The lowest BCUT2D eigenvalue weighted by Gasteiger charge is -2.24. The van der Waals surface area contributed by atoms with Gasteiger partial charge >= 0.3 is 0 Å². The van der Waals surface area contributed by atoms with Crippen LogP contribution in [0.25, 0.3) is 0 Å². The molecule has 0 bridgehead atoms. The van der Waals surface area contributed by atoms with Crippen LogP contribution in [0, 0.1) is 6.92 Å². The first-order chi connectivity index (χ1) is 7.20. The Labute approximate surface area is 91.1 Å². The highest BCUT2D eigenvalue weighted by atomic mass is 15.3. The first-order valence-corrected chi connectivity index (χ1v) is 5.82. The maximum atomic E-state index is 4.35. The second-order valence-electron chi connectivity index (χ2n) is 4.59. The minimum atomic E-state index is 0.463. The molecule has 2 heterocycles. The maximum Gasteiger partial charge on any atom is 0.136 e. The van der Waals surface area contributed by atoms with Crippen molar-refractivity contribution in [2.75, 3.05) is 13.1 Å². The average Bonchev–Trinajstić information content (AvgIpc) is 2.61. The molecule has 1 N–H and O–H groups in total. The minimum Gasteiger partial charge on any atom is -0.317 e. The molecule has 0 aromatic carbocycles. The number of nitrogens with zero attached hydrogens (tertiary/aromatic N) is 3. The fourth-order valence-corrected chi connectivity index (χ4v) is 2.38. The smallest absolute Gasteiger partial charge is 0.136 e. The highest BCUT2D eigenvalue weighted by Gasteiger charge is 2.22. The molecule has 4 heteroatoms.